The van der Waals surface area contributed by atoms with E-state index in [1.807, 2.05) is 22.6 Å². The number of pyridine rings is 1. The van der Waals surface area contributed by atoms with Crippen LogP contribution in [-0.4, -0.2) is 18.1 Å². The van der Waals surface area contributed by atoms with E-state index < -0.39 is 12.4 Å². The molecule has 0 saturated carbocycles. The maximum atomic E-state index is 12.7. The summed E-state index contributed by atoms with van der Waals surface area (Å²) in [4.78, 5) is 14.8. The minimum Gasteiger partial charge on any atom is -0.469 e. The SMILES string of the molecule is COC(=O)Cc1cc(Br)c(I)nc1C(F)F. The third-order valence-electron chi connectivity index (χ3n) is 1.81. The molecule has 0 N–H and O–H groups in total. The molecule has 3 nitrogen and oxygen atoms in total. The van der Waals surface area contributed by atoms with Crippen molar-refractivity contribution >= 4 is 44.5 Å². The van der Waals surface area contributed by atoms with Gasteiger partial charge in [0.25, 0.3) is 6.43 Å². The topological polar surface area (TPSA) is 39.2 Å². The maximum Gasteiger partial charge on any atom is 0.310 e. The van der Waals surface area contributed by atoms with E-state index in [0.717, 1.165) is 0 Å². The zero-order valence-corrected chi connectivity index (χ0v) is 11.9. The molecule has 1 rings (SSSR count). The molecule has 0 bridgehead atoms. The first-order valence-corrected chi connectivity index (χ1v) is 6.02. The number of hydrogen-bond donors (Lipinski definition) is 0. The predicted octanol–water partition coefficient (Wildman–Crippen LogP) is 3.10. The van der Waals surface area contributed by atoms with E-state index in [4.69, 9.17) is 0 Å². The summed E-state index contributed by atoms with van der Waals surface area (Å²) < 4.78 is 30.8. The molecule has 0 saturated heterocycles. The van der Waals surface area contributed by atoms with Crippen LogP contribution in [0.2, 0.25) is 0 Å². The number of carbonyl (C=O) groups excluding carboxylic acids is 1. The summed E-state index contributed by atoms with van der Waals surface area (Å²) in [6.45, 7) is 0. The molecular weight excluding hydrogens is 399 g/mol. The van der Waals surface area contributed by atoms with Crippen molar-refractivity contribution in [1.29, 1.82) is 0 Å². The number of alkyl halides is 2. The zero-order valence-electron chi connectivity index (χ0n) is 8.14. The van der Waals surface area contributed by atoms with Gasteiger partial charge in [0.1, 0.15) is 9.39 Å². The Balaban J connectivity index is 3.14. The third-order valence-corrected chi connectivity index (χ3v) is 3.98. The fourth-order valence-corrected chi connectivity index (χ4v) is 1.86. The quantitative estimate of drug-likeness (QED) is 0.440. The molecule has 0 aliphatic rings. The molecule has 1 aromatic heterocycles. The van der Waals surface area contributed by atoms with E-state index in [9.17, 15) is 13.6 Å². The zero-order chi connectivity index (χ0) is 12.3. The van der Waals surface area contributed by atoms with Crippen LogP contribution in [0.1, 0.15) is 17.7 Å². The highest BCUT2D eigenvalue weighted by atomic mass is 127. The van der Waals surface area contributed by atoms with Gasteiger partial charge in [-0.25, -0.2) is 13.8 Å². The Hall–Kier alpha value is -0.310. The van der Waals surface area contributed by atoms with Crippen molar-refractivity contribution in [3.63, 3.8) is 0 Å². The summed E-state index contributed by atoms with van der Waals surface area (Å²) >= 11 is 5.01. The summed E-state index contributed by atoms with van der Waals surface area (Å²) in [6, 6.07) is 1.47. The summed E-state index contributed by atoms with van der Waals surface area (Å²) in [5.74, 6) is -0.572. The van der Waals surface area contributed by atoms with Crippen molar-refractivity contribution in [2.24, 2.45) is 0 Å². The minimum absolute atomic E-state index is 0.175. The van der Waals surface area contributed by atoms with Crippen molar-refractivity contribution in [1.82, 2.24) is 4.98 Å². The molecule has 0 aromatic carbocycles. The van der Waals surface area contributed by atoms with Gasteiger partial charge in [-0.2, -0.15) is 0 Å². The fraction of sp³-hybridized carbons (Fsp3) is 0.333. The Morgan fingerprint density at radius 2 is 2.31 bits per heavy atom. The maximum absolute atomic E-state index is 12.7. The van der Waals surface area contributed by atoms with E-state index >= 15 is 0 Å². The number of ether oxygens (including phenoxy) is 1. The van der Waals surface area contributed by atoms with Gasteiger partial charge in [-0.15, -0.1) is 0 Å². The van der Waals surface area contributed by atoms with Crippen molar-refractivity contribution in [3.8, 4) is 0 Å². The summed E-state index contributed by atoms with van der Waals surface area (Å²) in [5.41, 5.74) is -0.202. The molecule has 0 spiro atoms. The molecule has 0 fully saturated rings. The Kier molecular flexibility index (Phi) is 5.03. The number of nitrogens with zero attached hydrogens (tertiary/aromatic N) is 1. The van der Waals surface area contributed by atoms with Gasteiger partial charge in [0.2, 0.25) is 0 Å². The molecule has 1 aromatic rings. The largest absolute Gasteiger partial charge is 0.469 e. The molecule has 0 unspecified atom stereocenters. The number of hydrogen-bond acceptors (Lipinski definition) is 3. The molecular formula is C9H7BrF2INO2. The second-order valence-electron chi connectivity index (χ2n) is 2.86. The summed E-state index contributed by atoms with van der Waals surface area (Å²) in [7, 11) is 1.21. The standard InChI is InChI=1S/C9H7BrF2INO2/c1-16-6(15)3-4-2-5(10)9(13)14-7(4)8(11)12/h2,8H,3H2,1H3. The highest BCUT2D eigenvalue weighted by Gasteiger charge is 2.19. The van der Waals surface area contributed by atoms with Gasteiger partial charge in [0.05, 0.1) is 13.5 Å². The number of esters is 1. The van der Waals surface area contributed by atoms with Crippen molar-refractivity contribution in [3.05, 3.63) is 25.5 Å². The number of carbonyl (C=O) groups is 1. The van der Waals surface area contributed by atoms with Crippen LogP contribution in [0.25, 0.3) is 0 Å². The lowest BCUT2D eigenvalue weighted by atomic mass is 10.1. The van der Waals surface area contributed by atoms with Gasteiger partial charge in [-0.1, -0.05) is 0 Å². The lowest BCUT2D eigenvalue weighted by Crippen LogP contribution is -2.09. The molecule has 88 valence electrons. The van der Waals surface area contributed by atoms with Gasteiger partial charge in [0, 0.05) is 4.47 Å². The first-order valence-electron chi connectivity index (χ1n) is 4.15. The second kappa shape index (κ2) is 5.85. The average molecular weight is 406 g/mol. The number of halogens is 4. The van der Waals surface area contributed by atoms with Gasteiger partial charge >= 0.3 is 5.97 Å². The molecule has 0 atom stereocenters. The van der Waals surface area contributed by atoms with Gasteiger partial charge in [-0.05, 0) is 50.2 Å². The van der Waals surface area contributed by atoms with E-state index in [1.54, 1.807) is 0 Å². The van der Waals surface area contributed by atoms with Crippen LogP contribution in [-0.2, 0) is 16.0 Å². The minimum atomic E-state index is -2.71. The number of aromatic nitrogens is 1. The Labute approximate surface area is 113 Å². The van der Waals surface area contributed by atoms with E-state index in [0.29, 0.717) is 8.17 Å². The highest BCUT2D eigenvalue weighted by Crippen LogP contribution is 2.27. The van der Waals surface area contributed by atoms with E-state index in [-0.39, 0.29) is 17.7 Å². The summed E-state index contributed by atoms with van der Waals surface area (Å²) in [6.07, 6.45) is -2.92. The first kappa shape index (κ1) is 13.8. The molecule has 0 radical (unpaired) electrons. The number of methoxy groups -OCH3 is 1. The van der Waals surface area contributed by atoms with Crippen molar-refractivity contribution < 1.29 is 18.3 Å². The lowest BCUT2D eigenvalue weighted by Gasteiger charge is -2.08. The average Bonchev–Trinajstić information content (AvgIpc) is 2.22. The van der Waals surface area contributed by atoms with Gasteiger partial charge in [0.15, 0.2) is 0 Å². The van der Waals surface area contributed by atoms with Crippen LogP contribution in [0, 0.1) is 3.70 Å². The van der Waals surface area contributed by atoms with Gasteiger partial charge in [-0.3, -0.25) is 4.79 Å². The lowest BCUT2D eigenvalue weighted by molar-refractivity contribution is -0.139. The normalized spacial score (nSPS) is 10.6. The molecule has 0 aliphatic heterocycles. The van der Waals surface area contributed by atoms with Crippen LogP contribution < -0.4 is 0 Å². The van der Waals surface area contributed by atoms with Crippen LogP contribution in [0.3, 0.4) is 0 Å². The summed E-state index contributed by atoms with van der Waals surface area (Å²) in [5, 5.41) is 0. The molecule has 16 heavy (non-hydrogen) atoms. The number of rotatable bonds is 3. The highest BCUT2D eigenvalue weighted by molar-refractivity contribution is 14.1. The van der Waals surface area contributed by atoms with Crippen molar-refractivity contribution in [2.75, 3.05) is 7.11 Å². The van der Waals surface area contributed by atoms with Crippen LogP contribution >= 0.6 is 38.5 Å². The fourth-order valence-electron chi connectivity index (χ4n) is 1.08. The van der Waals surface area contributed by atoms with Crippen molar-refractivity contribution in [2.45, 2.75) is 12.8 Å². The Morgan fingerprint density at radius 1 is 1.69 bits per heavy atom. The van der Waals surface area contributed by atoms with Crippen LogP contribution in [0.15, 0.2) is 10.5 Å². The van der Waals surface area contributed by atoms with Crippen LogP contribution in [0.5, 0.6) is 0 Å². The smallest absolute Gasteiger partial charge is 0.310 e. The van der Waals surface area contributed by atoms with E-state index in [2.05, 4.69) is 25.7 Å². The second-order valence-corrected chi connectivity index (χ2v) is 4.74. The molecule has 0 amide bonds. The Bertz CT molecular complexity index is 415. The first-order chi connectivity index (χ1) is 7.45. The van der Waals surface area contributed by atoms with E-state index in [1.165, 1.54) is 13.2 Å². The molecule has 0 aliphatic carbocycles. The third kappa shape index (κ3) is 3.34. The predicted molar refractivity (Wildman–Crippen MR) is 65.3 cm³/mol. The molecule has 7 heteroatoms. The monoisotopic (exact) mass is 405 g/mol. The Morgan fingerprint density at radius 3 is 2.81 bits per heavy atom. The van der Waals surface area contributed by atoms with Crippen LogP contribution in [0.4, 0.5) is 8.78 Å². The van der Waals surface area contributed by atoms with Gasteiger partial charge < -0.3 is 4.74 Å². The molecule has 1 heterocycles.